The zero-order valence-electron chi connectivity index (χ0n) is 13.5. The lowest BCUT2D eigenvalue weighted by Gasteiger charge is -2.31. The molecule has 3 rings (SSSR count). The molecule has 8 heteroatoms. The molecular weight excluding hydrogens is 329 g/mol. The fraction of sp³-hybridized carbons (Fsp3) is 0.438. The second kappa shape index (κ2) is 7.78. The van der Waals surface area contributed by atoms with Crippen molar-refractivity contribution in [3.63, 3.8) is 0 Å². The highest BCUT2D eigenvalue weighted by atomic mass is 32.1. The molecule has 1 aliphatic heterocycles. The smallest absolute Gasteiger partial charge is 0.286 e. The maximum atomic E-state index is 12.9. The predicted octanol–water partition coefficient (Wildman–Crippen LogP) is 2.11. The number of anilines is 1. The fourth-order valence-electron chi connectivity index (χ4n) is 2.75. The molecule has 1 aromatic heterocycles. The summed E-state index contributed by atoms with van der Waals surface area (Å²) in [4.78, 5) is 14.5. The van der Waals surface area contributed by atoms with Crippen LogP contribution in [0.25, 0.3) is 0 Å². The zero-order chi connectivity index (χ0) is 16.9. The average molecular weight is 349 g/mol. The van der Waals surface area contributed by atoms with Gasteiger partial charge in [0.25, 0.3) is 5.91 Å². The van der Waals surface area contributed by atoms with Crippen LogP contribution in [0.5, 0.6) is 0 Å². The summed E-state index contributed by atoms with van der Waals surface area (Å²) in [6.45, 7) is 2.72. The van der Waals surface area contributed by atoms with E-state index < -0.39 is 0 Å². The van der Waals surface area contributed by atoms with Crippen LogP contribution >= 0.6 is 11.3 Å². The van der Waals surface area contributed by atoms with Crippen LogP contribution in [-0.2, 0) is 6.54 Å². The number of nitrogens with one attached hydrogen (secondary N) is 2. The van der Waals surface area contributed by atoms with Crippen molar-refractivity contribution in [3.05, 3.63) is 40.1 Å². The van der Waals surface area contributed by atoms with Gasteiger partial charge in [0.2, 0.25) is 5.01 Å². The Morgan fingerprint density at radius 1 is 1.38 bits per heavy atom. The van der Waals surface area contributed by atoms with E-state index in [1.54, 1.807) is 0 Å². The third kappa shape index (κ3) is 4.34. The highest BCUT2D eigenvalue weighted by molar-refractivity contribution is 7.13. The number of aromatic nitrogens is 2. The molecule has 1 aromatic carbocycles. The van der Waals surface area contributed by atoms with Crippen LogP contribution in [0, 0.1) is 5.82 Å². The third-order valence-corrected chi connectivity index (χ3v) is 4.94. The highest BCUT2D eigenvalue weighted by Crippen LogP contribution is 2.18. The molecule has 2 N–H and O–H groups in total. The molecule has 1 atom stereocenters. The van der Waals surface area contributed by atoms with Gasteiger partial charge in [0.15, 0.2) is 0 Å². The molecule has 0 radical (unpaired) electrons. The van der Waals surface area contributed by atoms with Gasteiger partial charge in [-0.2, -0.15) is 0 Å². The highest BCUT2D eigenvalue weighted by Gasteiger charge is 2.20. The number of piperidine rings is 1. The lowest BCUT2D eigenvalue weighted by Crippen LogP contribution is -2.43. The summed E-state index contributed by atoms with van der Waals surface area (Å²) >= 11 is 1.30. The molecule has 128 valence electrons. The summed E-state index contributed by atoms with van der Waals surface area (Å²) in [5.41, 5.74) is 0.533. The standard InChI is InChI=1S/C16H20FN5OS/c1-18-13-3-2-8-22(9-13)10-14-20-21-16(24-14)15(23)19-12-6-4-11(17)5-7-12/h4-7,13,18H,2-3,8-10H2,1H3,(H,19,23). The first-order chi connectivity index (χ1) is 11.6. The number of likely N-dealkylation sites (tertiary alicyclic amines) is 1. The van der Waals surface area contributed by atoms with Crippen molar-refractivity contribution in [3.8, 4) is 0 Å². The van der Waals surface area contributed by atoms with Crippen LogP contribution in [0.15, 0.2) is 24.3 Å². The second-order valence-electron chi connectivity index (χ2n) is 5.82. The van der Waals surface area contributed by atoms with Gasteiger partial charge < -0.3 is 10.6 Å². The van der Waals surface area contributed by atoms with Gasteiger partial charge in [-0.3, -0.25) is 9.69 Å². The van der Waals surface area contributed by atoms with E-state index >= 15 is 0 Å². The molecular formula is C16H20FN5OS. The molecule has 0 aliphatic carbocycles. The van der Waals surface area contributed by atoms with E-state index in [-0.39, 0.29) is 11.7 Å². The molecule has 0 spiro atoms. The van der Waals surface area contributed by atoms with Crippen molar-refractivity contribution in [1.29, 1.82) is 0 Å². The van der Waals surface area contributed by atoms with E-state index in [9.17, 15) is 9.18 Å². The average Bonchev–Trinajstić information content (AvgIpc) is 3.06. The number of nitrogens with zero attached hydrogens (tertiary/aromatic N) is 3. The third-order valence-electron chi connectivity index (χ3n) is 4.04. The first-order valence-electron chi connectivity index (χ1n) is 7.93. The monoisotopic (exact) mass is 349 g/mol. The van der Waals surface area contributed by atoms with Crippen molar-refractivity contribution >= 4 is 22.9 Å². The van der Waals surface area contributed by atoms with Crippen molar-refractivity contribution in [1.82, 2.24) is 20.4 Å². The Hall–Kier alpha value is -1.90. The summed E-state index contributed by atoms with van der Waals surface area (Å²) in [5, 5.41) is 15.3. The molecule has 24 heavy (non-hydrogen) atoms. The summed E-state index contributed by atoms with van der Waals surface area (Å²) < 4.78 is 12.9. The van der Waals surface area contributed by atoms with Crippen LogP contribution < -0.4 is 10.6 Å². The summed E-state index contributed by atoms with van der Waals surface area (Å²) in [6.07, 6.45) is 2.34. The van der Waals surface area contributed by atoms with Crippen LogP contribution in [0.4, 0.5) is 10.1 Å². The Bertz CT molecular complexity index is 690. The molecule has 1 unspecified atom stereocenters. The quantitative estimate of drug-likeness (QED) is 0.865. The SMILES string of the molecule is CNC1CCCN(Cc2nnc(C(=O)Nc3ccc(F)cc3)s2)C1. The number of likely N-dealkylation sites (N-methyl/N-ethyl adjacent to an activating group) is 1. The van der Waals surface area contributed by atoms with Gasteiger partial charge in [0.05, 0.1) is 6.54 Å². The molecule has 1 fully saturated rings. The molecule has 0 saturated carbocycles. The second-order valence-corrected chi connectivity index (χ2v) is 6.89. The van der Waals surface area contributed by atoms with Gasteiger partial charge in [-0.05, 0) is 50.7 Å². The summed E-state index contributed by atoms with van der Waals surface area (Å²) in [5.74, 6) is -0.662. The van der Waals surface area contributed by atoms with Crippen molar-refractivity contribution in [2.75, 3.05) is 25.5 Å². The number of benzene rings is 1. The number of hydrogen-bond donors (Lipinski definition) is 2. The first-order valence-corrected chi connectivity index (χ1v) is 8.74. The maximum absolute atomic E-state index is 12.9. The number of halogens is 1. The molecule has 0 bridgehead atoms. The zero-order valence-corrected chi connectivity index (χ0v) is 14.3. The minimum absolute atomic E-state index is 0.316. The minimum atomic E-state index is -0.340. The van der Waals surface area contributed by atoms with Crippen LogP contribution in [0.1, 0.15) is 27.7 Å². The van der Waals surface area contributed by atoms with Gasteiger partial charge in [0.1, 0.15) is 10.8 Å². The molecule has 6 nitrogen and oxygen atoms in total. The van der Waals surface area contributed by atoms with Gasteiger partial charge in [0, 0.05) is 18.3 Å². The van der Waals surface area contributed by atoms with Crippen molar-refractivity contribution in [2.45, 2.75) is 25.4 Å². The van der Waals surface area contributed by atoms with Gasteiger partial charge in [-0.25, -0.2) is 4.39 Å². The number of carbonyl (C=O) groups is 1. The van der Waals surface area contributed by atoms with Crippen molar-refractivity contribution < 1.29 is 9.18 Å². The van der Waals surface area contributed by atoms with E-state index in [1.165, 1.54) is 42.0 Å². The number of hydrogen-bond acceptors (Lipinski definition) is 6. The van der Waals surface area contributed by atoms with E-state index in [0.717, 1.165) is 24.5 Å². The molecule has 2 aromatic rings. The van der Waals surface area contributed by atoms with E-state index in [0.29, 0.717) is 23.3 Å². The Morgan fingerprint density at radius 2 is 2.17 bits per heavy atom. The topological polar surface area (TPSA) is 70.1 Å². The Balaban J connectivity index is 1.58. The minimum Gasteiger partial charge on any atom is -0.320 e. The summed E-state index contributed by atoms with van der Waals surface area (Å²) in [7, 11) is 1.98. The predicted molar refractivity (Wildman–Crippen MR) is 91.6 cm³/mol. The van der Waals surface area contributed by atoms with Gasteiger partial charge in [-0.15, -0.1) is 10.2 Å². The molecule has 1 saturated heterocycles. The van der Waals surface area contributed by atoms with Crippen LogP contribution in [0.2, 0.25) is 0 Å². The largest absolute Gasteiger partial charge is 0.320 e. The Kier molecular flexibility index (Phi) is 5.49. The number of rotatable bonds is 5. The number of amides is 1. The maximum Gasteiger partial charge on any atom is 0.286 e. The molecule has 1 amide bonds. The van der Waals surface area contributed by atoms with E-state index in [2.05, 4.69) is 25.7 Å². The van der Waals surface area contributed by atoms with E-state index in [4.69, 9.17) is 0 Å². The van der Waals surface area contributed by atoms with E-state index in [1.807, 2.05) is 7.05 Å². The Labute approximate surface area is 144 Å². The lowest BCUT2D eigenvalue weighted by molar-refractivity contribution is 0.102. The fourth-order valence-corrected chi connectivity index (χ4v) is 3.53. The lowest BCUT2D eigenvalue weighted by atomic mass is 10.1. The molecule has 2 heterocycles. The first kappa shape index (κ1) is 16.9. The van der Waals surface area contributed by atoms with Crippen LogP contribution in [-0.4, -0.2) is 47.2 Å². The normalized spacial score (nSPS) is 18.5. The number of carbonyl (C=O) groups excluding carboxylic acids is 1. The molecule has 1 aliphatic rings. The van der Waals surface area contributed by atoms with Crippen LogP contribution in [0.3, 0.4) is 0 Å². The van der Waals surface area contributed by atoms with Crippen molar-refractivity contribution in [2.24, 2.45) is 0 Å². The van der Waals surface area contributed by atoms with Gasteiger partial charge >= 0.3 is 0 Å². The Morgan fingerprint density at radius 3 is 2.92 bits per heavy atom. The summed E-state index contributed by atoms with van der Waals surface area (Å²) in [6, 6.07) is 6.14. The van der Waals surface area contributed by atoms with Gasteiger partial charge in [-0.1, -0.05) is 11.3 Å².